The second-order valence-corrected chi connectivity index (χ2v) is 5.01. The smallest absolute Gasteiger partial charge is 0.166 e. The Kier molecular flexibility index (Phi) is 3.45. The van der Waals surface area contributed by atoms with E-state index in [1.807, 2.05) is 0 Å². The zero-order valence-electron chi connectivity index (χ0n) is 9.93. The first kappa shape index (κ1) is 12.5. The molecule has 0 atom stereocenters. The Labute approximate surface area is 99.8 Å². The average Bonchev–Trinajstić information content (AvgIpc) is 2.22. The van der Waals surface area contributed by atoms with Crippen LogP contribution in [-0.4, -0.2) is 0 Å². The molecule has 0 saturated heterocycles. The van der Waals surface area contributed by atoms with Crippen molar-refractivity contribution in [3.63, 3.8) is 0 Å². The summed E-state index contributed by atoms with van der Waals surface area (Å²) in [5, 5.41) is 0. The Balaban J connectivity index is 1.98. The molecule has 17 heavy (non-hydrogen) atoms. The van der Waals surface area contributed by atoms with Gasteiger partial charge in [-0.2, -0.15) is 13.2 Å². The summed E-state index contributed by atoms with van der Waals surface area (Å²) >= 11 is 0. The molecule has 0 aliphatic heterocycles. The van der Waals surface area contributed by atoms with Crippen LogP contribution in [0, 0.1) is 11.8 Å². The number of halogens is 3. The molecule has 2 rings (SSSR count). The zero-order chi connectivity index (χ0) is 12.5. The van der Waals surface area contributed by atoms with Gasteiger partial charge in [0.2, 0.25) is 0 Å². The van der Waals surface area contributed by atoms with Gasteiger partial charge in [0.25, 0.3) is 0 Å². The van der Waals surface area contributed by atoms with Gasteiger partial charge in [-0.15, -0.1) is 0 Å². The lowest BCUT2D eigenvalue weighted by Gasteiger charge is -2.35. The SMILES string of the molecule is CCC1CC(Cc2cccc(C(F)(F)F)c2)C1. The second-order valence-electron chi connectivity index (χ2n) is 5.01. The van der Waals surface area contributed by atoms with Gasteiger partial charge in [-0.1, -0.05) is 31.5 Å². The Morgan fingerprint density at radius 2 is 1.88 bits per heavy atom. The topological polar surface area (TPSA) is 0 Å². The molecular weight excluding hydrogens is 225 g/mol. The summed E-state index contributed by atoms with van der Waals surface area (Å²) in [6.07, 6.45) is 0.112. The monoisotopic (exact) mass is 242 g/mol. The lowest BCUT2D eigenvalue weighted by molar-refractivity contribution is -0.137. The molecule has 1 aromatic carbocycles. The summed E-state index contributed by atoms with van der Waals surface area (Å²) in [7, 11) is 0. The van der Waals surface area contributed by atoms with E-state index < -0.39 is 11.7 Å². The van der Waals surface area contributed by atoms with Crippen LogP contribution in [0.4, 0.5) is 13.2 Å². The number of hydrogen-bond acceptors (Lipinski definition) is 0. The molecule has 1 aliphatic carbocycles. The quantitative estimate of drug-likeness (QED) is 0.721. The van der Waals surface area contributed by atoms with Crippen molar-refractivity contribution in [2.24, 2.45) is 11.8 Å². The molecule has 0 aromatic heterocycles. The molecule has 94 valence electrons. The van der Waals surface area contributed by atoms with E-state index in [0.29, 0.717) is 5.92 Å². The van der Waals surface area contributed by atoms with Gasteiger partial charge in [-0.05, 0) is 42.7 Å². The normalized spacial score (nSPS) is 24.5. The van der Waals surface area contributed by atoms with Gasteiger partial charge in [0.05, 0.1) is 5.56 Å². The first-order chi connectivity index (χ1) is 7.99. The molecule has 0 bridgehead atoms. The van der Waals surface area contributed by atoms with Crippen LogP contribution in [0.1, 0.15) is 37.3 Å². The second kappa shape index (κ2) is 4.71. The Bertz CT molecular complexity index is 375. The van der Waals surface area contributed by atoms with E-state index in [9.17, 15) is 13.2 Å². The fourth-order valence-electron chi connectivity index (χ4n) is 2.58. The molecule has 3 heteroatoms. The van der Waals surface area contributed by atoms with Gasteiger partial charge in [0.15, 0.2) is 0 Å². The van der Waals surface area contributed by atoms with Crippen molar-refractivity contribution in [2.45, 2.75) is 38.8 Å². The zero-order valence-corrected chi connectivity index (χ0v) is 9.93. The Hall–Kier alpha value is -0.990. The molecule has 0 radical (unpaired) electrons. The summed E-state index contributed by atoms with van der Waals surface area (Å²) in [5.74, 6) is 1.38. The highest BCUT2D eigenvalue weighted by Crippen LogP contribution is 2.38. The molecule has 1 fully saturated rings. The van der Waals surface area contributed by atoms with Crippen molar-refractivity contribution in [3.8, 4) is 0 Å². The standard InChI is InChI=1S/C14H17F3/c1-2-10-6-12(7-10)8-11-4-3-5-13(9-11)14(15,16)17/h3-5,9-10,12H,2,6-8H2,1H3. The van der Waals surface area contributed by atoms with Gasteiger partial charge in [0.1, 0.15) is 0 Å². The van der Waals surface area contributed by atoms with E-state index in [1.165, 1.54) is 31.4 Å². The van der Waals surface area contributed by atoms with Crippen LogP contribution >= 0.6 is 0 Å². The average molecular weight is 242 g/mol. The summed E-state index contributed by atoms with van der Waals surface area (Å²) in [6, 6.07) is 5.74. The highest BCUT2D eigenvalue weighted by atomic mass is 19.4. The molecule has 0 heterocycles. The van der Waals surface area contributed by atoms with Crippen LogP contribution < -0.4 is 0 Å². The van der Waals surface area contributed by atoms with Gasteiger partial charge < -0.3 is 0 Å². The van der Waals surface area contributed by atoms with E-state index in [0.717, 1.165) is 24.0 Å². The van der Waals surface area contributed by atoms with E-state index in [1.54, 1.807) is 6.07 Å². The fraction of sp³-hybridized carbons (Fsp3) is 0.571. The Morgan fingerprint density at radius 1 is 1.18 bits per heavy atom. The third-order valence-electron chi connectivity index (χ3n) is 3.69. The van der Waals surface area contributed by atoms with Crippen LogP contribution in [0.15, 0.2) is 24.3 Å². The largest absolute Gasteiger partial charge is 0.416 e. The van der Waals surface area contributed by atoms with E-state index in [4.69, 9.17) is 0 Å². The summed E-state index contributed by atoms with van der Waals surface area (Å²) in [4.78, 5) is 0. The van der Waals surface area contributed by atoms with Gasteiger partial charge in [0, 0.05) is 0 Å². The minimum atomic E-state index is -4.22. The van der Waals surface area contributed by atoms with Gasteiger partial charge >= 0.3 is 6.18 Å². The van der Waals surface area contributed by atoms with Crippen LogP contribution in [-0.2, 0) is 12.6 Å². The van der Waals surface area contributed by atoms with Crippen LogP contribution in [0.25, 0.3) is 0 Å². The Morgan fingerprint density at radius 3 is 2.47 bits per heavy atom. The van der Waals surface area contributed by atoms with Crippen LogP contribution in [0.5, 0.6) is 0 Å². The molecule has 0 nitrogen and oxygen atoms in total. The predicted molar refractivity (Wildman–Crippen MR) is 61.7 cm³/mol. The van der Waals surface area contributed by atoms with Crippen molar-refractivity contribution in [2.75, 3.05) is 0 Å². The minimum absolute atomic E-state index is 0.527. The van der Waals surface area contributed by atoms with E-state index in [-0.39, 0.29) is 0 Å². The van der Waals surface area contributed by atoms with Crippen LogP contribution in [0.3, 0.4) is 0 Å². The molecule has 1 aromatic rings. The highest BCUT2D eigenvalue weighted by molar-refractivity contribution is 5.26. The maximum Gasteiger partial charge on any atom is 0.416 e. The third-order valence-corrected chi connectivity index (χ3v) is 3.69. The molecule has 1 saturated carbocycles. The molecule has 0 unspecified atom stereocenters. The van der Waals surface area contributed by atoms with Crippen LogP contribution in [0.2, 0.25) is 0 Å². The molecule has 0 N–H and O–H groups in total. The van der Waals surface area contributed by atoms with Crippen molar-refractivity contribution in [3.05, 3.63) is 35.4 Å². The maximum atomic E-state index is 12.5. The van der Waals surface area contributed by atoms with Gasteiger partial charge in [-0.3, -0.25) is 0 Å². The lowest BCUT2D eigenvalue weighted by atomic mass is 9.71. The lowest BCUT2D eigenvalue weighted by Crippen LogP contribution is -2.24. The number of rotatable bonds is 3. The van der Waals surface area contributed by atoms with Crippen molar-refractivity contribution < 1.29 is 13.2 Å². The van der Waals surface area contributed by atoms with Crippen molar-refractivity contribution >= 4 is 0 Å². The predicted octanol–water partition coefficient (Wildman–Crippen LogP) is 4.68. The molecule has 1 aliphatic rings. The highest BCUT2D eigenvalue weighted by Gasteiger charge is 2.31. The van der Waals surface area contributed by atoms with Crippen molar-refractivity contribution in [1.29, 1.82) is 0 Å². The maximum absolute atomic E-state index is 12.5. The molecule has 0 amide bonds. The fourth-order valence-corrected chi connectivity index (χ4v) is 2.58. The minimum Gasteiger partial charge on any atom is -0.166 e. The summed E-state index contributed by atoms with van der Waals surface area (Å²) in [6.45, 7) is 2.17. The number of alkyl halides is 3. The van der Waals surface area contributed by atoms with Crippen molar-refractivity contribution in [1.82, 2.24) is 0 Å². The summed E-state index contributed by atoms with van der Waals surface area (Å²) < 4.78 is 37.6. The van der Waals surface area contributed by atoms with Gasteiger partial charge in [-0.25, -0.2) is 0 Å². The molecule has 0 spiro atoms. The molecular formula is C14H17F3. The number of hydrogen-bond donors (Lipinski definition) is 0. The third kappa shape index (κ3) is 3.02. The summed E-state index contributed by atoms with van der Waals surface area (Å²) in [5.41, 5.74) is 0.292. The van der Waals surface area contributed by atoms with E-state index >= 15 is 0 Å². The first-order valence-corrected chi connectivity index (χ1v) is 6.15. The first-order valence-electron chi connectivity index (χ1n) is 6.15. The van der Waals surface area contributed by atoms with E-state index in [2.05, 4.69) is 6.92 Å². The number of benzene rings is 1.